The first kappa shape index (κ1) is 21.8. The fraction of sp³-hybridized carbons (Fsp3) is 0.364. The quantitative estimate of drug-likeness (QED) is 0.790. The minimum Gasteiger partial charge on any atom is -0.341 e. The van der Waals surface area contributed by atoms with Crippen molar-refractivity contribution < 1.29 is 13.2 Å². The zero-order chi connectivity index (χ0) is 21.9. The number of hydrogen-bond donors (Lipinski definition) is 1. The van der Waals surface area contributed by atoms with Gasteiger partial charge in [0.2, 0.25) is 5.91 Å². The maximum absolute atomic E-state index is 13.4. The van der Waals surface area contributed by atoms with E-state index in [1.165, 1.54) is 24.3 Å². The Hall–Kier alpha value is -2.89. The number of sulfonamides is 1. The van der Waals surface area contributed by atoms with Crippen LogP contribution in [0.5, 0.6) is 0 Å². The molecule has 0 atom stereocenters. The van der Waals surface area contributed by atoms with Crippen molar-refractivity contribution in [3.05, 3.63) is 59.7 Å². The molecule has 7 nitrogen and oxygen atoms in total. The largest absolute Gasteiger partial charge is 0.341 e. The topological polar surface area (TPSA) is 108 Å². The number of carbonyl (C=O) groups excluding carboxylic acids is 1. The molecule has 8 heteroatoms. The number of nitrogens with zero attached hydrogens (tertiary/aromatic N) is 3. The van der Waals surface area contributed by atoms with Crippen molar-refractivity contribution in [2.45, 2.75) is 37.1 Å². The number of carbonyl (C=O) groups is 1. The monoisotopic (exact) mass is 426 g/mol. The third kappa shape index (κ3) is 4.81. The average Bonchev–Trinajstić information content (AvgIpc) is 2.72. The normalized spacial score (nSPS) is 16.0. The van der Waals surface area contributed by atoms with Crippen LogP contribution >= 0.6 is 0 Å². The van der Waals surface area contributed by atoms with Crippen LogP contribution in [0.15, 0.2) is 53.4 Å². The number of aryl methyl sites for hydroxylation is 1. The maximum Gasteiger partial charge on any atom is 0.264 e. The van der Waals surface area contributed by atoms with Gasteiger partial charge in [0.15, 0.2) is 0 Å². The SMILES string of the molecule is Cc1ccc(S(=O)(=O)N(CC(=O)N2CCC(C)(N)CC2)c2ccc(C#N)cc2)cc1. The molecule has 2 aromatic rings. The molecule has 3 rings (SSSR count). The molecule has 158 valence electrons. The summed E-state index contributed by atoms with van der Waals surface area (Å²) in [6, 6.07) is 14.7. The lowest BCUT2D eigenvalue weighted by Gasteiger charge is -2.37. The van der Waals surface area contributed by atoms with Crippen LogP contribution in [-0.2, 0) is 14.8 Å². The minimum absolute atomic E-state index is 0.110. The average molecular weight is 427 g/mol. The van der Waals surface area contributed by atoms with E-state index >= 15 is 0 Å². The van der Waals surface area contributed by atoms with E-state index in [0.29, 0.717) is 37.2 Å². The fourth-order valence-electron chi connectivity index (χ4n) is 3.34. The molecular weight excluding hydrogens is 400 g/mol. The van der Waals surface area contributed by atoms with Crippen LogP contribution in [0, 0.1) is 18.3 Å². The molecule has 2 N–H and O–H groups in total. The predicted molar refractivity (Wildman–Crippen MR) is 115 cm³/mol. The summed E-state index contributed by atoms with van der Waals surface area (Å²) >= 11 is 0. The van der Waals surface area contributed by atoms with Crippen molar-refractivity contribution >= 4 is 21.6 Å². The molecule has 0 saturated carbocycles. The standard InChI is InChI=1S/C22H26N4O3S/c1-17-3-9-20(10-4-17)30(28,29)26(19-7-5-18(15-23)6-8-19)16-21(27)25-13-11-22(2,24)12-14-25/h3-10H,11-14,16,24H2,1-2H3. The van der Waals surface area contributed by atoms with Crippen LogP contribution in [0.4, 0.5) is 5.69 Å². The van der Waals surface area contributed by atoms with Gasteiger partial charge in [0, 0.05) is 18.6 Å². The molecule has 1 saturated heterocycles. The van der Waals surface area contributed by atoms with E-state index in [4.69, 9.17) is 11.0 Å². The molecule has 0 aromatic heterocycles. The van der Waals surface area contributed by atoms with Crippen molar-refractivity contribution in [1.82, 2.24) is 4.90 Å². The lowest BCUT2D eigenvalue weighted by molar-refractivity contribution is -0.130. The summed E-state index contributed by atoms with van der Waals surface area (Å²) in [6.45, 7) is 4.51. The van der Waals surface area contributed by atoms with Gasteiger partial charge in [0.25, 0.3) is 10.0 Å². The molecule has 0 radical (unpaired) electrons. The number of anilines is 1. The van der Waals surface area contributed by atoms with Gasteiger partial charge in [-0.3, -0.25) is 9.10 Å². The Kier molecular flexibility index (Phi) is 6.15. The van der Waals surface area contributed by atoms with Crippen LogP contribution in [0.2, 0.25) is 0 Å². The van der Waals surface area contributed by atoms with E-state index in [9.17, 15) is 13.2 Å². The van der Waals surface area contributed by atoms with Crippen molar-refractivity contribution in [1.29, 1.82) is 5.26 Å². The highest BCUT2D eigenvalue weighted by atomic mass is 32.2. The van der Waals surface area contributed by atoms with Gasteiger partial charge in [-0.15, -0.1) is 0 Å². The van der Waals surface area contributed by atoms with Gasteiger partial charge in [0.1, 0.15) is 6.54 Å². The Morgan fingerprint density at radius 1 is 1.13 bits per heavy atom. The molecule has 1 fully saturated rings. The lowest BCUT2D eigenvalue weighted by atomic mass is 9.91. The van der Waals surface area contributed by atoms with E-state index in [0.717, 1.165) is 9.87 Å². The second kappa shape index (κ2) is 8.46. The number of rotatable bonds is 5. The Morgan fingerprint density at radius 2 is 1.70 bits per heavy atom. The highest BCUT2D eigenvalue weighted by Gasteiger charge is 2.32. The fourth-order valence-corrected chi connectivity index (χ4v) is 4.76. The predicted octanol–water partition coefficient (Wildman–Crippen LogP) is 2.40. The molecule has 0 spiro atoms. The molecule has 1 amide bonds. The van der Waals surface area contributed by atoms with Gasteiger partial charge >= 0.3 is 0 Å². The van der Waals surface area contributed by atoms with Crippen LogP contribution in [0.1, 0.15) is 30.9 Å². The molecule has 1 aliphatic rings. The van der Waals surface area contributed by atoms with Crippen molar-refractivity contribution in [2.24, 2.45) is 5.73 Å². The Labute approximate surface area is 177 Å². The summed E-state index contributed by atoms with van der Waals surface area (Å²) in [5, 5.41) is 9.04. The van der Waals surface area contributed by atoms with Crippen LogP contribution in [0.25, 0.3) is 0 Å². The van der Waals surface area contributed by atoms with Crippen molar-refractivity contribution in [2.75, 3.05) is 23.9 Å². The number of nitrogens with two attached hydrogens (primary N) is 1. The van der Waals surface area contributed by atoms with E-state index in [2.05, 4.69) is 0 Å². The second-order valence-electron chi connectivity index (χ2n) is 8.02. The van der Waals surface area contributed by atoms with Gasteiger partial charge in [0.05, 0.1) is 22.2 Å². The highest BCUT2D eigenvalue weighted by Crippen LogP contribution is 2.26. The van der Waals surface area contributed by atoms with Crippen LogP contribution in [0.3, 0.4) is 0 Å². The molecule has 0 unspecified atom stereocenters. The molecule has 1 aliphatic heterocycles. The summed E-state index contributed by atoms with van der Waals surface area (Å²) in [5.41, 5.74) is 7.53. The van der Waals surface area contributed by atoms with Crippen molar-refractivity contribution in [3.8, 4) is 6.07 Å². The number of amides is 1. The number of benzene rings is 2. The third-order valence-electron chi connectivity index (χ3n) is 5.43. The summed E-state index contributed by atoms with van der Waals surface area (Å²) in [7, 11) is -3.97. The first-order valence-corrected chi connectivity index (χ1v) is 11.2. The second-order valence-corrected chi connectivity index (χ2v) is 9.88. The molecule has 0 aliphatic carbocycles. The lowest BCUT2D eigenvalue weighted by Crippen LogP contribution is -2.52. The molecule has 0 bridgehead atoms. The van der Waals surface area contributed by atoms with Crippen LogP contribution in [-0.4, -0.2) is 44.4 Å². The Balaban J connectivity index is 1.92. The summed E-state index contributed by atoms with van der Waals surface area (Å²) < 4.78 is 27.9. The van der Waals surface area contributed by atoms with Crippen molar-refractivity contribution in [3.63, 3.8) is 0 Å². The molecule has 1 heterocycles. The summed E-state index contributed by atoms with van der Waals surface area (Å²) in [4.78, 5) is 14.7. The minimum atomic E-state index is -3.97. The first-order chi connectivity index (χ1) is 14.1. The number of hydrogen-bond acceptors (Lipinski definition) is 5. The van der Waals surface area contributed by atoms with E-state index in [1.807, 2.05) is 19.9 Å². The number of nitriles is 1. The van der Waals surface area contributed by atoms with Gasteiger partial charge in [-0.25, -0.2) is 8.42 Å². The van der Waals surface area contributed by atoms with E-state index < -0.39 is 10.0 Å². The first-order valence-electron chi connectivity index (χ1n) is 9.79. The highest BCUT2D eigenvalue weighted by molar-refractivity contribution is 7.92. The van der Waals surface area contributed by atoms with Gasteiger partial charge < -0.3 is 10.6 Å². The zero-order valence-corrected chi connectivity index (χ0v) is 18.0. The molecular formula is C22H26N4O3S. The Bertz CT molecular complexity index is 1050. The number of piperidine rings is 1. The van der Waals surface area contributed by atoms with E-state index in [-0.39, 0.29) is 22.9 Å². The van der Waals surface area contributed by atoms with Gasteiger partial charge in [-0.2, -0.15) is 5.26 Å². The maximum atomic E-state index is 13.4. The van der Waals surface area contributed by atoms with Gasteiger partial charge in [-0.05, 0) is 63.1 Å². The summed E-state index contributed by atoms with van der Waals surface area (Å²) in [6.07, 6.45) is 1.33. The smallest absolute Gasteiger partial charge is 0.264 e. The molecule has 30 heavy (non-hydrogen) atoms. The summed E-state index contributed by atoms with van der Waals surface area (Å²) in [5.74, 6) is -0.273. The van der Waals surface area contributed by atoms with E-state index in [1.54, 1.807) is 29.2 Å². The zero-order valence-electron chi connectivity index (χ0n) is 17.2. The molecule has 2 aromatic carbocycles. The van der Waals surface area contributed by atoms with Gasteiger partial charge in [-0.1, -0.05) is 17.7 Å². The third-order valence-corrected chi connectivity index (χ3v) is 7.22. The van der Waals surface area contributed by atoms with Crippen LogP contribution < -0.4 is 10.0 Å². The Morgan fingerprint density at radius 3 is 2.23 bits per heavy atom. The number of likely N-dealkylation sites (tertiary alicyclic amines) is 1.